The van der Waals surface area contributed by atoms with Gasteiger partial charge in [0, 0.05) is 6.54 Å². The van der Waals surface area contributed by atoms with E-state index in [-0.39, 0.29) is 6.10 Å². The Morgan fingerprint density at radius 1 is 1.17 bits per heavy atom. The molecule has 1 aliphatic rings. The van der Waals surface area contributed by atoms with Crippen molar-refractivity contribution < 1.29 is 9.09 Å². The first-order valence-electron chi connectivity index (χ1n) is 9.41. The molecule has 0 aromatic heterocycles. The molecule has 1 aromatic carbocycles. The van der Waals surface area contributed by atoms with Crippen molar-refractivity contribution in [1.82, 2.24) is 5.09 Å². The Labute approximate surface area is 148 Å². The van der Waals surface area contributed by atoms with E-state index in [4.69, 9.17) is 4.52 Å². The van der Waals surface area contributed by atoms with Gasteiger partial charge in [0.15, 0.2) is 0 Å². The Morgan fingerprint density at radius 2 is 1.83 bits per heavy atom. The lowest BCUT2D eigenvalue weighted by molar-refractivity contribution is 0.0482. The average Bonchev–Trinajstić information content (AvgIpc) is 2.53. The van der Waals surface area contributed by atoms with Crippen molar-refractivity contribution >= 4 is 12.8 Å². The van der Waals surface area contributed by atoms with Gasteiger partial charge in [0.05, 0.1) is 11.4 Å². The lowest BCUT2D eigenvalue weighted by atomic mass is 9.75. The van der Waals surface area contributed by atoms with Crippen LogP contribution < -0.4 is 10.4 Å². The second-order valence-corrected chi connectivity index (χ2v) is 10.3. The van der Waals surface area contributed by atoms with Crippen molar-refractivity contribution in [3.05, 3.63) is 30.3 Å². The smallest absolute Gasteiger partial charge is 0.299 e. The minimum atomic E-state index is -3.05. The molecule has 1 aliphatic carbocycles. The summed E-state index contributed by atoms with van der Waals surface area (Å²) in [5, 5.41) is 4.05. The van der Waals surface area contributed by atoms with Crippen molar-refractivity contribution in [1.29, 1.82) is 0 Å². The van der Waals surface area contributed by atoms with E-state index in [2.05, 4.69) is 39.7 Å². The Kier molecular flexibility index (Phi) is 7.10. The summed E-state index contributed by atoms with van der Waals surface area (Å²) in [6.45, 7) is 11.7. The molecule has 1 N–H and O–H groups in total. The van der Waals surface area contributed by atoms with Crippen molar-refractivity contribution in [3.63, 3.8) is 0 Å². The van der Waals surface area contributed by atoms with E-state index >= 15 is 0 Å². The van der Waals surface area contributed by atoms with Gasteiger partial charge in [-0.25, -0.2) is 5.09 Å². The van der Waals surface area contributed by atoms with E-state index in [9.17, 15) is 4.57 Å². The zero-order chi connectivity index (χ0) is 17.7. The molecule has 0 amide bonds. The zero-order valence-corrected chi connectivity index (χ0v) is 16.8. The summed E-state index contributed by atoms with van der Waals surface area (Å²) in [6, 6.07) is 9.67. The van der Waals surface area contributed by atoms with Crippen LogP contribution in [0.25, 0.3) is 0 Å². The molecule has 24 heavy (non-hydrogen) atoms. The number of hydrogen-bond acceptors (Lipinski definition) is 2. The monoisotopic (exact) mass is 351 g/mol. The molecule has 136 valence electrons. The fourth-order valence-corrected chi connectivity index (χ4v) is 5.72. The lowest BCUT2D eigenvalue weighted by Crippen LogP contribution is -2.37. The van der Waals surface area contributed by atoms with E-state index in [1.54, 1.807) is 0 Å². The molecule has 0 spiro atoms. The SMILES string of the molecule is CC(C)CN[P@@](=O)(O[C@@H]1C[C@@H](C)CC[C@H]1C(C)C)c1ccccc1. The molecule has 0 heterocycles. The van der Waals surface area contributed by atoms with Crippen LogP contribution >= 0.6 is 7.52 Å². The summed E-state index contributed by atoms with van der Waals surface area (Å²) in [5.74, 6) is 2.10. The summed E-state index contributed by atoms with van der Waals surface area (Å²) in [4.78, 5) is 0. The van der Waals surface area contributed by atoms with E-state index < -0.39 is 7.52 Å². The summed E-state index contributed by atoms with van der Waals surface area (Å²) in [7, 11) is -3.05. The molecule has 0 aliphatic heterocycles. The maximum atomic E-state index is 13.7. The topological polar surface area (TPSA) is 38.3 Å². The fourth-order valence-electron chi connectivity index (χ4n) is 3.54. The first-order chi connectivity index (χ1) is 11.3. The van der Waals surface area contributed by atoms with E-state index in [0.717, 1.165) is 11.7 Å². The van der Waals surface area contributed by atoms with Crippen LogP contribution in [-0.4, -0.2) is 12.6 Å². The zero-order valence-electron chi connectivity index (χ0n) is 15.9. The third kappa shape index (κ3) is 5.18. The van der Waals surface area contributed by atoms with Crippen molar-refractivity contribution in [2.45, 2.75) is 60.0 Å². The molecule has 1 fully saturated rings. The molecule has 4 heteroatoms. The fraction of sp³-hybridized carbons (Fsp3) is 0.700. The normalized spacial score (nSPS) is 27.4. The first kappa shape index (κ1) is 19.7. The Bertz CT molecular complexity index is 544. The van der Waals surface area contributed by atoms with Crippen molar-refractivity contribution in [3.8, 4) is 0 Å². The maximum absolute atomic E-state index is 13.7. The average molecular weight is 351 g/mol. The van der Waals surface area contributed by atoms with E-state index in [0.29, 0.717) is 30.2 Å². The first-order valence-corrected chi connectivity index (χ1v) is 11.0. The standard InChI is InChI=1S/C20H34NO2P/c1-15(2)14-21-24(22,18-9-7-6-8-10-18)23-20-13-17(5)11-12-19(20)16(3)4/h6-10,15-17,19-20H,11-14H2,1-5H3,(H,21,22)/t17-,19-,20+,24-/m0/s1. The predicted octanol–water partition coefficient (Wildman–Crippen LogP) is 5.23. The summed E-state index contributed by atoms with van der Waals surface area (Å²) >= 11 is 0. The molecule has 3 nitrogen and oxygen atoms in total. The largest absolute Gasteiger partial charge is 0.311 e. The number of rotatable bonds is 7. The Morgan fingerprint density at radius 3 is 2.42 bits per heavy atom. The van der Waals surface area contributed by atoms with Crippen molar-refractivity contribution in [2.75, 3.05) is 6.54 Å². The second kappa shape index (κ2) is 8.65. The summed E-state index contributed by atoms with van der Waals surface area (Å²) < 4.78 is 20.1. The van der Waals surface area contributed by atoms with Crippen LogP contribution in [0, 0.1) is 23.7 Å². The Hall–Kier alpha value is -0.630. The molecule has 4 atom stereocenters. The molecular formula is C20H34NO2P. The molecule has 1 aromatic rings. The third-order valence-corrected chi connectivity index (χ3v) is 7.19. The highest BCUT2D eigenvalue weighted by Gasteiger charge is 2.37. The molecule has 0 bridgehead atoms. The van der Waals surface area contributed by atoms with Crippen LogP contribution in [-0.2, 0) is 9.09 Å². The van der Waals surface area contributed by atoms with Crippen LogP contribution in [0.5, 0.6) is 0 Å². The van der Waals surface area contributed by atoms with Gasteiger partial charge in [-0.3, -0.25) is 4.57 Å². The summed E-state index contributed by atoms with van der Waals surface area (Å²) in [6.07, 6.45) is 3.49. The lowest BCUT2D eigenvalue weighted by Gasteiger charge is -2.39. The molecule has 0 radical (unpaired) electrons. The van der Waals surface area contributed by atoms with Crippen LogP contribution in [0.4, 0.5) is 0 Å². The molecular weight excluding hydrogens is 317 g/mol. The summed E-state index contributed by atoms with van der Waals surface area (Å²) in [5.41, 5.74) is 0. The molecule has 0 saturated heterocycles. The van der Waals surface area contributed by atoms with Gasteiger partial charge in [-0.05, 0) is 48.6 Å². The maximum Gasteiger partial charge on any atom is 0.299 e. The highest BCUT2D eigenvalue weighted by molar-refractivity contribution is 7.65. The molecule has 0 unspecified atom stereocenters. The second-order valence-electron chi connectivity index (χ2n) is 8.11. The van der Waals surface area contributed by atoms with Gasteiger partial charge in [-0.1, -0.05) is 59.2 Å². The van der Waals surface area contributed by atoms with Gasteiger partial charge < -0.3 is 4.52 Å². The van der Waals surface area contributed by atoms with Crippen molar-refractivity contribution in [2.24, 2.45) is 23.7 Å². The van der Waals surface area contributed by atoms with Gasteiger partial charge in [0.2, 0.25) is 0 Å². The van der Waals surface area contributed by atoms with E-state index in [1.807, 2.05) is 30.3 Å². The van der Waals surface area contributed by atoms with Crippen LogP contribution in [0.2, 0.25) is 0 Å². The van der Waals surface area contributed by atoms with E-state index in [1.165, 1.54) is 12.8 Å². The van der Waals surface area contributed by atoms with Gasteiger partial charge in [0.25, 0.3) is 7.52 Å². The van der Waals surface area contributed by atoms with Gasteiger partial charge in [-0.15, -0.1) is 0 Å². The van der Waals surface area contributed by atoms with Gasteiger partial charge >= 0.3 is 0 Å². The number of benzene rings is 1. The molecule has 1 saturated carbocycles. The van der Waals surface area contributed by atoms with Gasteiger partial charge in [-0.2, -0.15) is 0 Å². The number of hydrogen-bond donors (Lipinski definition) is 1. The van der Waals surface area contributed by atoms with Crippen LogP contribution in [0.15, 0.2) is 30.3 Å². The predicted molar refractivity (Wildman–Crippen MR) is 103 cm³/mol. The quantitative estimate of drug-likeness (QED) is 0.684. The third-order valence-electron chi connectivity index (χ3n) is 5.05. The van der Waals surface area contributed by atoms with Crippen LogP contribution in [0.3, 0.4) is 0 Å². The highest BCUT2D eigenvalue weighted by atomic mass is 31.2. The number of nitrogens with one attached hydrogen (secondary N) is 1. The Balaban J connectivity index is 2.24. The van der Waals surface area contributed by atoms with Gasteiger partial charge in [0.1, 0.15) is 0 Å². The minimum Gasteiger partial charge on any atom is -0.311 e. The minimum absolute atomic E-state index is 0.0689. The van der Waals surface area contributed by atoms with Crippen LogP contribution in [0.1, 0.15) is 53.9 Å². The highest BCUT2D eigenvalue weighted by Crippen LogP contribution is 2.48. The molecule has 2 rings (SSSR count).